The minimum absolute atomic E-state index is 0.0305. The predicted octanol–water partition coefficient (Wildman–Crippen LogP) is 6.42. The summed E-state index contributed by atoms with van der Waals surface area (Å²) in [6.45, 7) is 10.2. The van der Waals surface area contributed by atoms with Crippen LogP contribution in [0.15, 0.2) is 84.9 Å². The Kier molecular flexibility index (Phi) is 12.7. The van der Waals surface area contributed by atoms with Crippen molar-refractivity contribution in [3.63, 3.8) is 0 Å². The molecule has 4 aromatic rings. The first-order valence-corrected chi connectivity index (χ1v) is 17.0. The number of rotatable bonds is 15. The van der Waals surface area contributed by atoms with Crippen LogP contribution in [0.4, 0.5) is 0 Å². The topological polar surface area (TPSA) is 113 Å². The van der Waals surface area contributed by atoms with E-state index in [2.05, 4.69) is 41.7 Å². The molecule has 4 rings (SSSR count). The summed E-state index contributed by atoms with van der Waals surface area (Å²) in [6.07, 6.45) is 0.0151. The molecule has 4 aromatic carbocycles. The number of carbonyl (C=O) groups excluding carboxylic acids is 3. The number of hydrogen-bond donors (Lipinski definition) is 3. The van der Waals surface area contributed by atoms with Gasteiger partial charge in [0.25, 0.3) is 0 Å². The van der Waals surface area contributed by atoms with Crippen molar-refractivity contribution >= 4 is 39.3 Å². The van der Waals surface area contributed by atoms with Gasteiger partial charge in [-0.2, -0.15) is 0 Å². The smallest absolute Gasteiger partial charge is 0.246 e. The van der Waals surface area contributed by atoms with Crippen LogP contribution in [0.3, 0.4) is 0 Å². The molecule has 4 N–H and O–H groups in total. The van der Waals surface area contributed by atoms with E-state index in [0.717, 1.165) is 32.7 Å². The number of nitrogens with one attached hydrogen (secondary N) is 1. The highest BCUT2D eigenvalue weighted by Crippen LogP contribution is 2.30. The minimum Gasteiger partial charge on any atom is -0.390 e. The van der Waals surface area contributed by atoms with Gasteiger partial charge in [0.2, 0.25) is 17.7 Å². The van der Waals surface area contributed by atoms with Crippen LogP contribution in [0.25, 0.3) is 21.5 Å². The van der Waals surface area contributed by atoms with Gasteiger partial charge >= 0.3 is 0 Å². The molecule has 0 saturated heterocycles. The molecule has 250 valence electrons. The van der Waals surface area contributed by atoms with Crippen LogP contribution in [-0.4, -0.2) is 52.5 Å². The molecule has 0 aliphatic carbocycles. The summed E-state index contributed by atoms with van der Waals surface area (Å²) in [5.41, 5.74) is 8.53. The Hall–Kier alpha value is -4.07. The van der Waals surface area contributed by atoms with Gasteiger partial charge in [0.1, 0.15) is 0 Å². The maximum atomic E-state index is 15.1. The van der Waals surface area contributed by atoms with Gasteiger partial charge in [-0.15, -0.1) is 0 Å². The maximum Gasteiger partial charge on any atom is 0.246 e. The standard InChI is InChI=1S/C40H51N3O4/c1-6-42-38(45)25-37(44)36(22-27(4)5)43(40(47)35(41)21-26(2)3)39(46)32(23-30-17-11-15-28-13-7-9-19-33(28)30)24-31-18-12-16-29-14-8-10-20-34(29)31/h7-20,26-27,32,35-37,44H,6,21-25,41H2,1-5H3,(H,42,45)/t35-,36-,37-/m0/s1. The average molecular weight is 638 g/mol. The molecule has 0 spiro atoms. The first kappa shape index (κ1) is 35.8. The van der Waals surface area contributed by atoms with Crippen molar-refractivity contribution in [3.8, 4) is 0 Å². The molecule has 0 fully saturated rings. The fourth-order valence-electron chi connectivity index (χ4n) is 6.65. The second-order valence-corrected chi connectivity index (χ2v) is 13.6. The highest BCUT2D eigenvalue weighted by Gasteiger charge is 2.40. The molecule has 0 aromatic heterocycles. The molecule has 7 heteroatoms. The van der Waals surface area contributed by atoms with E-state index >= 15 is 4.79 Å². The normalized spacial score (nSPS) is 13.7. The summed E-state index contributed by atoms with van der Waals surface area (Å²) >= 11 is 0. The third-order valence-corrected chi connectivity index (χ3v) is 8.82. The number of nitrogens with zero attached hydrogens (tertiary/aromatic N) is 1. The molecule has 0 saturated carbocycles. The fourth-order valence-corrected chi connectivity index (χ4v) is 6.65. The summed E-state index contributed by atoms with van der Waals surface area (Å²) in [6, 6.07) is 26.5. The molecule has 3 amide bonds. The Morgan fingerprint density at radius 3 is 1.70 bits per heavy atom. The van der Waals surface area contributed by atoms with E-state index in [9.17, 15) is 14.7 Å². The molecular weight excluding hydrogens is 586 g/mol. The number of benzene rings is 4. The number of aliphatic hydroxyl groups is 1. The van der Waals surface area contributed by atoms with Crippen LogP contribution in [0.1, 0.15) is 65.0 Å². The molecule has 0 aliphatic rings. The molecule has 0 aliphatic heterocycles. The van der Waals surface area contributed by atoms with Crippen molar-refractivity contribution in [1.82, 2.24) is 10.2 Å². The highest BCUT2D eigenvalue weighted by molar-refractivity contribution is 6.00. The average Bonchev–Trinajstić information content (AvgIpc) is 3.03. The Morgan fingerprint density at radius 1 is 0.723 bits per heavy atom. The van der Waals surface area contributed by atoms with Gasteiger partial charge in [-0.05, 0) is 77.1 Å². The largest absolute Gasteiger partial charge is 0.390 e. The van der Waals surface area contributed by atoms with Gasteiger partial charge < -0.3 is 16.2 Å². The van der Waals surface area contributed by atoms with Crippen molar-refractivity contribution in [3.05, 3.63) is 96.1 Å². The third kappa shape index (κ3) is 9.27. The number of hydrogen-bond acceptors (Lipinski definition) is 5. The second-order valence-electron chi connectivity index (χ2n) is 13.6. The second kappa shape index (κ2) is 16.7. The van der Waals surface area contributed by atoms with Crippen molar-refractivity contribution in [2.24, 2.45) is 23.5 Å². The number of nitrogens with two attached hydrogens (primary N) is 1. The zero-order valence-electron chi connectivity index (χ0n) is 28.5. The summed E-state index contributed by atoms with van der Waals surface area (Å²) in [4.78, 5) is 43.4. The summed E-state index contributed by atoms with van der Waals surface area (Å²) in [7, 11) is 0. The number of fused-ring (bicyclic) bond motifs is 2. The number of imide groups is 1. The molecule has 7 nitrogen and oxygen atoms in total. The number of carbonyl (C=O) groups is 3. The van der Waals surface area contributed by atoms with Crippen LogP contribution in [0.2, 0.25) is 0 Å². The van der Waals surface area contributed by atoms with E-state index in [1.165, 1.54) is 4.90 Å². The molecule has 0 unspecified atom stereocenters. The molecular formula is C40H51N3O4. The zero-order valence-corrected chi connectivity index (χ0v) is 28.5. The lowest BCUT2D eigenvalue weighted by Crippen LogP contribution is -2.58. The zero-order chi connectivity index (χ0) is 34.1. The molecule has 0 bridgehead atoms. The Morgan fingerprint density at radius 2 is 1.21 bits per heavy atom. The molecule has 3 atom stereocenters. The van der Waals surface area contributed by atoms with Crippen LogP contribution in [-0.2, 0) is 27.2 Å². The van der Waals surface area contributed by atoms with Gasteiger partial charge in [0, 0.05) is 12.5 Å². The van der Waals surface area contributed by atoms with E-state index in [4.69, 9.17) is 5.73 Å². The Bertz CT molecular complexity index is 1570. The lowest BCUT2D eigenvalue weighted by atomic mass is 9.86. The number of amides is 3. The van der Waals surface area contributed by atoms with Crippen LogP contribution in [0.5, 0.6) is 0 Å². The van der Waals surface area contributed by atoms with Crippen molar-refractivity contribution in [2.75, 3.05) is 6.54 Å². The summed E-state index contributed by atoms with van der Waals surface area (Å²) in [5.74, 6) is -1.71. The van der Waals surface area contributed by atoms with Crippen molar-refractivity contribution < 1.29 is 19.5 Å². The number of aliphatic hydroxyl groups excluding tert-OH is 1. The van der Waals surface area contributed by atoms with Gasteiger partial charge in [-0.25, -0.2) is 0 Å². The monoisotopic (exact) mass is 637 g/mol. The summed E-state index contributed by atoms with van der Waals surface area (Å²) in [5, 5.41) is 18.6. The molecule has 47 heavy (non-hydrogen) atoms. The highest BCUT2D eigenvalue weighted by atomic mass is 16.3. The van der Waals surface area contributed by atoms with Gasteiger partial charge in [-0.3, -0.25) is 19.3 Å². The van der Waals surface area contributed by atoms with E-state index in [1.54, 1.807) is 0 Å². The predicted molar refractivity (Wildman–Crippen MR) is 191 cm³/mol. The van der Waals surface area contributed by atoms with Crippen molar-refractivity contribution in [1.29, 1.82) is 0 Å². The molecule has 0 heterocycles. The van der Waals surface area contributed by atoms with E-state index in [1.807, 2.05) is 83.1 Å². The minimum atomic E-state index is -1.25. The van der Waals surface area contributed by atoms with Crippen molar-refractivity contribution in [2.45, 2.75) is 84.9 Å². The first-order chi connectivity index (χ1) is 22.5. The van der Waals surface area contributed by atoms with E-state index in [0.29, 0.717) is 32.2 Å². The fraction of sp³-hybridized carbons (Fsp3) is 0.425. The van der Waals surface area contributed by atoms with Crippen LogP contribution in [0, 0.1) is 17.8 Å². The first-order valence-electron chi connectivity index (χ1n) is 17.0. The van der Waals surface area contributed by atoms with E-state index < -0.39 is 30.0 Å². The lowest BCUT2D eigenvalue weighted by Gasteiger charge is -2.38. The Balaban J connectivity index is 1.85. The van der Waals surface area contributed by atoms with Gasteiger partial charge in [0.05, 0.1) is 24.6 Å². The maximum absolute atomic E-state index is 15.1. The summed E-state index contributed by atoms with van der Waals surface area (Å²) < 4.78 is 0. The SMILES string of the molecule is CCNC(=O)C[C@H](O)[C@H](CC(C)C)N(C(=O)C(Cc1cccc2ccccc12)Cc1cccc2ccccc12)C(=O)[C@@H](N)CC(C)C. The third-order valence-electron chi connectivity index (χ3n) is 8.82. The van der Waals surface area contributed by atoms with Gasteiger partial charge in [-0.1, -0.05) is 113 Å². The Labute approximate surface area is 279 Å². The van der Waals surface area contributed by atoms with Crippen LogP contribution >= 0.6 is 0 Å². The quantitative estimate of drug-likeness (QED) is 0.139. The molecule has 0 radical (unpaired) electrons. The van der Waals surface area contributed by atoms with Crippen LogP contribution < -0.4 is 11.1 Å². The van der Waals surface area contributed by atoms with E-state index in [-0.39, 0.29) is 30.1 Å². The lowest BCUT2D eigenvalue weighted by molar-refractivity contribution is -0.156. The van der Waals surface area contributed by atoms with Gasteiger partial charge in [0.15, 0.2) is 0 Å².